The lowest BCUT2D eigenvalue weighted by Gasteiger charge is -2.16. The Bertz CT molecular complexity index is 1480. The van der Waals surface area contributed by atoms with Crippen LogP contribution in [0.4, 0.5) is 5.69 Å². The minimum atomic E-state index is -0.488. The second-order valence-electron chi connectivity index (χ2n) is 8.01. The number of fused-ring (bicyclic) bond motifs is 2. The Kier molecular flexibility index (Phi) is 4.73. The van der Waals surface area contributed by atoms with Crippen LogP contribution in [-0.4, -0.2) is 29.6 Å². The van der Waals surface area contributed by atoms with Crippen LogP contribution in [0.5, 0.6) is 0 Å². The number of rotatable bonds is 3. The number of nitrogens with one attached hydrogen (secondary N) is 1. The van der Waals surface area contributed by atoms with Gasteiger partial charge < -0.3 is 9.88 Å². The minimum Gasteiger partial charge on any atom is -0.328 e. The molecule has 32 heavy (non-hydrogen) atoms. The molecule has 0 saturated carbocycles. The zero-order valence-corrected chi connectivity index (χ0v) is 17.8. The average Bonchev–Trinajstić information content (AvgIpc) is 3.25. The SMILES string of the molecule is Cn1c(=O)c2cc(C(=O)Nc3ccc(-c4ncc5n4CCCC5)cc3)cnc2n(C)c1=O. The van der Waals surface area contributed by atoms with Crippen molar-refractivity contribution in [2.45, 2.75) is 25.8 Å². The summed E-state index contributed by atoms with van der Waals surface area (Å²) in [6.45, 7) is 0.975. The first-order valence-electron chi connectivity index (χ1n) is 10.5. The monoisotopic (exact) mass is 430 g/mol. The van der Waals surface area contributed by atoms with Crippen molar-refractivity contribution < 1.29 is 4.79 Å². The second-order valence-corrected chi connectivity index (χ2v) is 8.01. The van der Waals surface area contributed by atoms with Crippen molar-refractivity contribution in [1.82, 2.24) is 23.7 Å². The highest BCUT2D eigenvalue weighted by molar-refractivity contribution is 6.05. The first-order valence-corrected chi connectivity index (χ1v) is 10.5. The molecule has 4 heterocycles. The van der Waals surface area contributed by atoms with Gasteiger partial charge in [0.15, 0.2) is 0 Å². The fourth-order valence-corrected chi connectivity index (χ4v) is 4.16. The summed E-state index contributed by atoms with van der Waals surface area (Å²) in [5.41, 5.74) is 2.40. The molecule has 4 aromatic rings. The van der Waals surface area contributed by atoms with E-state index in [1.165, 1.54) is 43.0 Å². The second kappa shape index (κ2) is 7.60. The predicted molar refractivity (Wildman–Crippen MR) is 121 cm³/mol. The van der Waals surface area contributed by atoms with Crippen molar-refractivity contribution in [3.05, 3.63) is 74.8 Å². The standard InChI is InChI=1S/C23H22N6O3/c1-27-20-18(22(31)28(2)23(27)32)11-15(12-24-20)21(30)26-16-8-6-14(7-9-16)19-25-13-17-5-3-4-10-29(17)19/h6-9,11-13H,3-5,10H2,1-2H3,(H,26,30). The predicted octanol–water partition coefficient (Wildman–Crippen LogP) is 2.08. The number of benzene rings is 1. The fourth-order valence-electron chi connectivity index (χ4n) is 4.16. The third-order valence-corrected chi connectivity index (χ3v) is 5.96. The lowest BCUT2D eigenvalue weighted by Crippen LogP contribution is -2.37. The molecule has 0 bridgehead atoms. The number of aromatic nitrogens is 5. The zero-order valence-electron chi connectivity index (χ0n) is 17.8. The number of carbonyl (C=O) groups is 1. The Balaban J connectivity index is 1.41. The summed E-state index contributed by atoms with van der Waals surface area (Å²) in [7, 11) is 2.94. The van der Waals surface area contributed by atoms with Crippen LogP contribution in [0.2, 0.25) is 0 Å². The number of carbonyl (C=O) groups excluding carboxylic acids is 1. The highest BCUT2D eigenvalue weighted by atomic mass is 16.2. The number of amides is 1. The van der Waals surface area contributed by atoms with Crippen LogP contribution in [0, 0.1) is 0 Å². The van der Waals surface area contributed by atoms with Crippen molar-refractivity contribution in [3.63, 3.8) is 0 Å². The smallest absolute Gasteiger partial charge is 0.328 e. The van der Waals surface area contributed by atoms with Gasteiger partial charge >= 0.3 is 5.69 Å². The van der Waals surface area contributed by atoms with Crippen LogP contribution < -0.4 is 16.6 Å². The summed E-state index contributed by atoms with van der Waals surface area (Å²) < 4.78 is 4.54. The lowest BCUT2D eigenvalue weighted by molar-refractivity contribution is 0.102. The number of imidazole rings is 1. The molecular formula is C23H22N6O3. The van der Waals surface area contributed by atoms with Crippen molar-refractivity contribution in [3.8, 4) is 11.4 Å². The number of pyridine rings is 1. The van der Waals surface area contributed by atoms with Crippen molar-refractivity contribution >= 4 is 22.6 Å². The maximum Gasteiger partial charge on any atom is 0.332 e. The summed E-state index contributed by atoms with van der Waals surface area (Å²) in [4.78, 5) is 46.0. The molecule has 9 nitrogen and oxygen atoms in total. The van der Waals surface area contributed by atoms with Crippen LogP contribution in [-0.2, 0) is 27.1 Å². The molecular weight excluding hydrogens is 408 g/mol. The van der Waals surface area contributed by atoms with Crippen molar-refractivity contribution in [2.75, 3.05) is 5.32 Å². The maximum absolute atomic E-state index is 12.8. The van der Waals surface area contributed by atoms with Gasteiger partial charge in [-0.15, -0.1) is 0 Å². The Morgan fingerprint density at radius 3 is 2.56 bits per heavy atom. The molecule has 0 unspecified atom stereocenters. The normalized spacial score (nSPS) is 13.2. The summed E-state index contributed by atoms with van der Waals surface area (Å²) in [6.07, 6.45) is 6.71. The highest BCUT2D eigenvalue weighted by Gasteiger charge is 2.16. The molecule has 1 aliphatic heterocycles. The average molecular weight is 430 g/mol. The van der Waals surface area contributed by atoms with E-state index in [1.54, 1.807) is 0 Å². The Hall–Kier alpha value is -4.01. The number of nitrogens with zero attached hydrogens (tertiary/aromatic N) is 5. The van der Waals surface area contributed by atoms with E-state index in [1.807, 2.05) is 30.5 Å². The van der Waals surface area contributed by atoms with Crippen LogP contribution in [0.15, 0.2) is 52.3 Å². The maximum atomic E-state index is 12.8. The van der Waals surface area contributed by atoms with E-state index < -0.39 is 11.2 Å². The number of hydrogen-bond donors (Lipinski definition) is 1. The molecule has 0 fully saturated rings. The number of anilines is 1. The third kappa shape index (κ3) is 3.22. The molecule has 162 valence electrons. The van der Waals surface area contributed by atoms with Gasteiger partial charge in [0.2, 0.25) is 0 Å². The molecule has 0 radical (unpaired) electrons. The zero-order chi connectivity index (χ0) is 22.4. The molecule has 9 heteroatoms. The third-order valence-electron chi connectivity index (χ3n) is 5.96. The van der Waals surface area contributed by atoms with Gasteiger partial charge in [-0.25, -0.2) is 14.8 Å². The topological polar surface area (TPSA) is 104 Å². The molecule has 1 N–H and O–H groups in total. The van der Waals surface area contributed by atoms with Gasteiger partial charge in [-0.1, -0.05) is 0 Å². The molecule has 1 amide bonds. The van der Waals surface area contributed by atoms with Crippen LogP contribution in [0.25, 0.3) is 22.4 Å². The summed E-state index contributed by atoms with van der Waals surface area (Å²) >= 11 is 0. The fraction of sp³-hybridized carbons (Fsp3) is 0.261. The van der Waals surface area contributed by atoms with E-state index in [4.69, 9.17) is 0 Å². The molecule has 3 aromatic heterocycles. The van der Waals surface area contributed by atoms with Gasteiger partial charge in [-0.3, -0.25) is 18.7 Å². The van der Waals surface area contributed by atoms with E-state index in [9.17, 15) is 14.4 Å². The molecule has 1 aliphatic rings. The van der Waals surface area contributed by atoms with Gasteiger partial charge in [0.1, 0.15) is 11.5 Å². The van der Waals surface area contributed by atoms with Crippen LogP contribution in [0.1, 0.15) is 28.9 Å². The molecule has 0 atom stereocenters. The van der Waals surface area contributed by atoms with Crippen LogP contribution >= 0.6 is 0 Å². The van der Waals surface area contributed by atoms with Crippen molar-refractivity contribution in [2.24, 2.45) is 14.1 Å². The Labute approximate surface area is 183 Å². The minimum absolute atomic E-state index is 0.210. The summed E-state index contributed by atoms with van der Waals surface area (Å²) in [5.74, 6) is 0.555. The van der Waals surface area contributed by atoms with Gasteiger partial charge in [0.05, 0.1) is 10.9 Å². The van der Waals surface area contributed by atoms with E-state index in [2.05, 4.69) is 19.9 Å². The van der Waals surface area contributed by atoms with Gasteiger partial charge in [-0.05, 0) is 49.6 Å². The number of aryl methyl sites for hydroxylation is 2. The molecule has 5 rings (SSSR count). The van der Waals surface area contributed by atoms with Crippen LogP contribution in [0.3, 0.4) is 0 Å². The Morgan fingerprint density at radius 1 is 1.00 bits per heavy atom. The molecule has 0 saturated heterocycles. The molecule has 0 aliphatic carbocycles. The van der Waals surface area contributed by atoms with E-state index in [0.29, 0.717) is 5.69 Å². The van der Waals surface area contributed by atoms with Crippen molar-refractivity contribution in [1.29, 1.82) is 0 Å². The first kappa shape index (κ1) is 19.9. The molecule has 1 aromatic carbocycles. The van der Waals surface area contributed by atoms with E-state index in [0.717, 1.165) is 35.3 Å². The Morgan fingerprint density at radius 2 is 1.78 bits per heavy atom. The van der Waals surface area contributed by atoms with Gasteiger partial charge in [0.25, 0.3) is 11.5 Å². The largest absolute Gasteiger partial charge is 0.332 e. The summed E-state index contributed by atoms with van der Waals surface area (Å²) in [6, 6.07) is 8.99. The highest BCUT2D eigenvalue weighted by Crippen LogP contribution is 2.25. The number of hydrogen-bond acceptors (Lipinski definition) is 5. The lowest BCUT2D eigenvalue weighted by atomic mass is 10.1. The van der Waals surface area contributed by atoms with Gasteiger partial charge in [0, 0.05) is 50.0 Å². The van der Waals surface area contributed by atoms with E-state index >= 15 is 0 Å². The molecule has 0 spiro atoms. The van der Waals surface area contributed by atoms with E-state index in [-0.39, 0.29) is 22.5 Å². The van der Waals surface area contributed by atoms with Gasteiger partial charge in [-0.2, -0.15) is 0 Å². The quantitative estimate of drug-likeness (QED) is 0.536. The first-order chi connectivity index (χ1) is 15.4. The summed E-state index contributed by atoms with van der Waals surface area (Å²) in [5, 5.41) is 3.04.